The quantitative estimate of drug-likeness (QED) is 0.640. The molecule has 2 aliphatic rings. The average molecular weight is 487 g/mol. The number of hydrogen-bond acceptors (Lipinski definition) is 6. The minimum absolute atomic E-state index is 0.138. The number of ether oxygens (including phenoxy) is 1. The highest BCUT2D eigenvalue weighted by Gasteiger charge is 2.44. The van der Waals surface area contributed by atoms with Gasteiger partial charge >= 0.3 is 0 Å². The summed E-state index contributed by atoms with van der Waals surface area (Å²) in [4.78, 5) is 32.0. The van der Waals surface area contributed by atoms with Gasteiger partial charge in [-0.1, -0.05) is 0 Å². The number of sulfonamides is 1. The van der Waals surface area contributed by atoms with E-state index in [0.717, 1.165) is 5.56 Å². The van der Waals surface area contributed by atoms with E-state index >= 15 is 0 Å². The molecule has 0 bridgehead atoms. The van der Waals surface area contributed by atoms with Gasteiger partial charge in [-0.05, 0) is 74.1 Å². The van der Waals surface area contributed by atoms with Crippen LogP contribution in [0.3, 0.4) is 0 Å². The molecule has 0 spiro atoms. The molecular weight excluding hydrogens is 456 g/mol. The summed E-state index contributed by atoms with van der Waals surface area (Å²) in [6.45, 7) is 2.85. The van der Waals surface area contributed by atoms with Crippen LogP contribution in [0.1, 0.15) is 36.8 Å². The number of benzene rings is 1. The molecule has 9 nitrogen and oxygen atoms in total. The predicted octanol–water partition coefficient (Wildman–Crippen LogP) is 1.86. The first-order valence-corrected chi connectivity index (χ1v) is 12.9. The van der Waals surface area contributed by atoms with Gasteiger partial charge in [0.05, 0.1) is 12.0 Å². The number of pyridine rings is 1. The average Bonchev–Trinajstić information content (AvgIpc) is 3.53. The molecule has 34 heavy (non-hydrogen) atoms. The van der Waals surface area contributed by atoms with Gasteiger partial charge in [0.25, 0.3) is 0 Å². The molecular formula is C24H30N4O5S. The topological polar surface area (TPSA) is 109 Å². The van der Waals surface area contributed by atoms with Crippen LogP contribution in [-0.4, -0.2) is 66.7 Å². The standard InChI is InChI=1S/C24H30N4O5S/c1-17-15-19(7-8-22(17)33-2)34(31,32)28-14-4-6-21(28)24(30)27-13-3-5-20(27)23(29)26-16-18-9-11-25-12-10-18/h7-12,15,20-21H,3-6,13-14,16H2,1-2H3,(H,26,29)/t20-,21-/m0/s1. The van der Waals surface area contributed by atoms with Crippen molar-refractivity contribution in [1.29, 1.82) is 0 Å². The lowest BCUT2D eigenvalue weighted by Gasteiger charge is -2.30. The van der Waals surface area contributed by atoms with Gasteiger partial charge in [-0.25, -0.2) is 8.42 Å². The molecule has 2 amide bonds. The van der Waals surface area contributed by atoms with Crippen LogP contribution in [0.2, 0.25) is 0 Å². The number of likely N-dealkylation sites (tertiary alicyclic amines) is 1. The van der Waals surface area contributed by atoms with Gasteiger partial charge in [0.1, 0.15) is 17.8 Å². The Balaban J connectivity index is 1.48. The summed E-state index contributed by atoms with van der Waals surface area (Å²) in [5, 5.41) is 2.90. The molecule has 2 aliphatic heterocycles. The van der Waals surface area contributed by atoms with Crippen molar-refractivity contribution in [2.75, 3.05) is 20.2 Å². The highest BCUT2D eigenvalue weighted by atomic mass is 32.2. The first-order valence-electron chi connectivity index (χ1n) is 11.5. The summed E-state index contributed by atoms with van der Waals surface area (Å²) in [6.07, 6.45) is 5.62. The molecule has 1 N–H and O–H groups in total. The second-order valence-electron chi connectivity index (χ2n) is 8.67. The summed E-state index contributed by atoms with van der Waals surface area (Å²) >= 11 is 0. The van der Waals surface area contributed by atoms with E-state index in [4.69, 9.17) is 4.74 Å². The Morgan fingerprint density at radius 1 is 1.09 bits per heavy atom. The monoisotopic (exact) mass is 486 g/mol. The highest BCUT2D eigenvalue weighted by Crippen LogP contribution is 2.31. The number of aromatic nitrogens is 1. The van der Waals surface area contributed by atoms with Crippen molar-refractivity contribution in [2.45, 2.75) is 56.1 Å². The number of aryl methyl sites for hydroxylation is 1. The van der Waals surface area contributed by atoms with Crippen LogP contribution >= 0.6 is 0 Å². The second kappa shape index (κ2) is 10.1. The summed E-state index contributed by atoms with van der Waals surface area (Å²) < 4.78 is 33.4. The number of amides is 2. The van der Waals surface area contributed by atoms with Gasteiger partial charge in [0.15, 0.2) is 0 Å². The molecule has 10 heteroatoms. The van der Waals surface area contributed by atoms with E-state index in [1.165, 1.54) is 17.5 Å². The number of methoxy groups -OCH3 is 1. The van der Waals surface area contributed by atoms with Crippen molar-refractivity contribution < 1.29 is 22.7 Å². The summed E-state index contributed by atoms with van der Waals surface area (Å²) in [5.41, 5.74) is 1.62. The van der Waals surface area contributed by atoms with E-state index in [1.54, 1.807) is 36.4 Å². The molecule has 0 saturated carbocycles. The second-order valence-corrected chi connectivity index (χ2v) is 10.6. The van der Waals surface area contributed by atoms with Gasteiger partial charge in [-0.3, -0.25) is 14.6 Å². The van der Waals surface area contributed by atoms with Crippen LogP contribution in [-0.2, 0) is 26.2 Å². The fraction of sp³-hybridized carbons (Fsp3) is 0.458. The summed E-state index contributed by atoms with van der Waals surface area (Å²) in [6, 6.07) is 6.94. The maximum Gasteiger partial charge on any atom is 0.243 e. The first kappa shape index (κ1) is 24.2. The number of hydrogen-bond donors (Lipinski definition) is 1. The van der Waals surface area contributed by atoms with Gasteiger partial charge in [0, 0.05) is 32.0 Å². The molecule has 0 aliphatic carbocycles. The minimum atomic E-state index is -3.87. The molecule has 1 aromatic carbocycles. The van der Waals surface area contributed by atoms with Gasteiger partial charge in [-0.2, -0.15) is 4.31 Å². The van der Waals surface area contributed by atoms with E-state index in [-0.39, 0.29) is 23.3 Å². The summed E-state index contributed by atoms with van der Waals surface area (Å²) in [7, 11) is -2.34. The van der Waals surface area contributed by atoms with Crippen LogP contribution in [0.25, 0.3) is 0 Å². The van der Waals surface area contributed by atoms with Crippen molar-refractivity contribution in [3.8, 4) is 5.75 Å². The molecule has 2 aromatic rings. The van der Waals surface area contributed by atoms with Crippen LogP contribution in [0, 0.1) is 6.92 Å². The smallest absolute Gasteiger partial charge is 0.243 e. The van der Waals surface area contributed by atoms with Crippen LogP contribution in [0.15, 0.2) is 47.6 Å². The van der Waals surface area contributed by atoms with Crippen molar-refractivity contribution in [1.82, 2.24) is 19.5 Å². The molecule has 182 valence electrons. The largest absolute Gasteiger partial charge is 0.496 e. The third-order valence-electron chi connectivity index (χ3n) is 6.52. The van der Waals surface area contributed by atoms with Gasteiger partial charge in [-0.15, -0.1) is 0 Å². The van der Waals surface area contributed by atoms with Crippen LogP contribution in [0.5, 0.6) is 5.75 Å². The zero-order valence-electron chi connectivity index (χ0n) is 19.4. The Morgan fingerprint density at radius 3 is 2.50 bits per heavy atom. The van der Waals surface area contributed by atoms with E-state index < -0.39 is 22.1 Å². The molecule has 1 aromatic heterocycles. The lowest BCUT2D eigenvalue weighted by atomic mass is 10.1. The third-order valence-corrected chi connectivity index (χ3v) is 8.42. The Hall–Kier alpha value is -2.98. The maximum absolute atomic E-state index is 13.5. The van der Waals surface area contributed by atoms with Crippen LogP contribution in [0.4, 0.5) is 0 Å². The normalized spacial score (nSPS) is 20.9. The minimum Gasteiger partial charge on any atom is -0.496 e. The number of rotatable bonds is 7. The lowest BCUT2D eigenvalue weighted by molar-refractivity contribution is -0.140. The Bertz CT molecular complexity index is 1160. The lowest BCUT2D eigenvalue weighted by Crippen LogP contribution is -2.52. The van der Waals surface area contributed by atoms with Crippen molar-refractivity contribution in [2.24, 2.45) is 0 Å². The Morgan fingerprint density at radius 2 is 1.79 bits per heavy atom. The molecule has 3 heterocycles. The summed E-state index contributed by atoms with van der Waals surface area (Å²) in [5.74, 6) is 0.0828. The molecule has 0 unspecified atom stereocenters. The van der Waals surface area contributed by atoms with E-state index in [2.05, 4.69) is 10.3 Å². The zero-order valence-corrected chi connectivity index (χ0v) is 20.3. The molecule has 4 rings (SSSR count). The van der Waals surface area contributed by atoms with Crippen molar-refractivity contribution in [3.05, 3.63) is 53.9 Å². The van der Waals surface area contributed by atoms with Crippen molar-refractivity contribution >= 4 is 21.8 Å². The van der Waals surface area contributed by atoms with E-state index in [0.29, 0.717) is 50.1 Å². The number of nitrogens with one attached hydrogen (secondary N) is 1. The maximum atomic E-state index is 13.5. The Labute approximate surface area is 200 Å². The van der Waals surface area contributed by atoms with Gasteiger partial charge in [0.2, 0.25) is 21.8 Å². The SMILES string of the molecule is COc1ccc(S(=O)(=O)N2CCC[C@H]2C(=O)N2CCC[C@H]2C(=O)NCc2ccncc2)cc1C. The fourth-order valence-electron chi connectivity index (χ4n) is 4.72. The number of carbonyl (C=O) groups is 2. The molecule has 0 radical (unpaired) electrons. The van der Waals surface area contributed by atoms with Crippen LogP contribution < -0.4 is 10.1 Å². The van der Waals surface area contributed by atoms with Gasteiger partial charge < -0.3 is 15.0 Å². The molecule has 2 saturated heterocycles. The number of nitrogens with zero attached hydrogens (tertiary/aromatic N) is 3. The molecule has 2 fully saturated rings. The molecule has 2 atom stereocenters. The Kier molecular flexibility index (Phi) is 7.18. The van der Waals surface area contributed by atoms with E-state index in [1.807, 2.05) is 12.1 Å². The first-order chi connectivity index (χ1) is 16.3. The number of carbonyl (C=O) groups excluding carboxylic acids is 2. The van der Waals surface area contributed by atoms with E-state index in [9.17, 15) is 18.0 Å². The zero-order chi connectivity index (χ0) is 24.3. The highest BCUT2D eigenvalue weighted by molar-refractivity contribution is 7.89. The third kappa shape index (κ3) is 4.78. The van der Waals surface area contributed by atoms with Crippen molar-refractivity contribution in [3.63, 3.8) is 0 Å². The predicted molar refractivity (Wildman–Crippen MR) is 125 cm³/mol. The fourth-order valence-corrected chi connectivity index (χ4v) is 6.46.